The van der Waals surface area contributed by atoms with Gasteiger partial charge in [0.2, 0.25) is 5.78 Å². The Morgan fingerprint density at radius 2 is 2.00 bits per heavy atom. The number of carbonyl (C=O) groups excluding carboxylic acids is 3. The molecule has 0 amide bonds. The van der Waals surface area contributed by atoms with Gasteiger partial charge in [-0.15, -0.1) is 0 Å². The van der Waals surface area contributed by atoms with E-state index in [1.165, 1.54) is 0 Å². The molecular formula is C16H12N2O4. The van der Waals surface area contributed by atoms with E-state index in [1.54, 1.807) is 37.3 Å². The number of esters is 1. The van der Waals surface area contributed by atoms with Crippen LogP contribution in [0.15, 0.2) is 47.8 Å². The van der Waals surface area contributed by atoms with Gasteiger partial charge in [-0.25, -0.2) is 4.79 Å². The summed E-state index contributed by atoms with van der Waals surface area (Å²) in [5, 5.41) is 11.4. The normalized spacial score (nSPS) is 13.8. The summed E-state index contributed by atoms with van der Waals surface area (Å²) in [5.41, 5.74) is 0.316. The zero-order chi connectivity index (χ0) is 16.1. The first-order chi connectivity index (χ1) is 10.6. The molecule has 1 aromatic rings. The number of hydrogen-bond acceptors (Lipinski definition) is 6. The number of ketones is 2. The van der Waals surface area contributed by atoms with Crippen molar-refractivity contribution in [1.82, 2.24) is 5.32 Å². The number of Topliss-reactive ketones (excluding diaryl/α,β-unsaturated/α-hetero) is 1. The topological polar surface area (TPSA) is 96.3 Å². The molecule has 2 rings (SSSR count). The van der Waals surface area contributed by atoms with E-state index in [1.807, 2.05) is 0 Å². The summed E-state index contributed by atoms with van der Waals surface area (Å²) in [6.07, 6.45) is 2.20. The predicted molar refractivity (Wildman–Crippen MR) is 76.7 cm³/mol. The van der Waals surface area contributed by atoms with Crippen molar-refractivity contribution in [2.24, 2.45) is 0 Å². The van der Waals surface area contributed by atoms with Gasteiger partial charge in [-0.3, -0.25) is 9.59 Å². The maximum absolute atomic E-state index is 12.2. The van der Waals surface area contributed by atoms with E-state index < -0.39 is 5.97 Å². The molecule has 0 heterocycles. The third-order valence-corrected chi connectivity index (χ3v) is 2.95. The van der Waals surface area contributed by atoms with Gasteiger partial charge in [-0.05, 0) is 6.92 Å². The van der Waals surface area contributed by atoms with Crippen LogP contribution in [0.5, 0.6) is 0 Å². The Morgan fingerprint density at radius 1 is 1.32 bits per heavy atom. The Hall–Kier alpha value is -3.20. The molecule has 110 valence electrons. The van der Waals surface area contributed by atoms with Crippen LogP contribution in [-0.2, 0) is 9.53 Å². The average molecular weight is 296 g/mol. The van der Waals surface area contributed by atoms with Gasteiger partial charge in [-0.2, -0.15) is 5.26 Å². The van der Waals surface area contributed by atoms with Crippen molar-refractivity contribution < 1.29 is 19.1 Å². The molecule has 0 bridgehead atoms. The van der Waals surface area contributed by atoms with Gasteiger partial charge in [-0.1, -0.05) is 24.3 Å². The standard InChI is InChI=1S/C16H12N2O4/c1-2-22-16(21)10(8-17)9-18-13-7-14(19)11-5-3-4-6-12(11)15(13)20/h3-7,9,18H,2H2,1H3/b10-9+. The molecular weight excluding hydrogens is 284 g/mol. The monoisotopic (exact) mass is 296 g/mol. The largest absolute Gasteiger partial charge is 0.462 e. The summed E-state index contributed by atoms with van der Waals surface area (Å²) in [6, 6.07) is 8.11. The third kappa shape index (κ3) is 2.94. The highest BCUT2D eigenvalue weighted by atomic mass is 16.5. The van der Waals surface area contributed by atoms with Crippen molar-refractivity contribution in [2.75, 3.05) is 6.61 Å². The highest BCUT2D eigenvalue weighted by molar-refractivity contribution is 6.24. The van der Waals surface area contributed by atoms with Crippen molar-refractivity contribution in [3.8, 4) is 6.07 Å². The first-order valence-corrected chi connectivity index (χ1v) is 6.52. The smallest absolute Gasteiger partial charge is 0.350 e. The lowest BCUT2D eigenvalue weighted by Crippen LogP contribution is -2.24. The maximum atomic E-state index is 12.2. The molecule has 1 N–H and O–H groups in total. The van der Waals surface area contributed by atoms with Crippen molar-refractivity contribution >= 4 is 17.5 Å². The van der Waals surface area contributed by atoms with E-state index in [-0.39, 0.29) is 35.0 Å². The fraction of sp³-hybridized carbons (Fsp3) is 0.125. The Morgan fingerprint density at radius 3 is 2.64 bits per heavy atom. The lowest BCUT2D eigenvalue weighted by molar-refractivity contribution is -0.138. The minimum atomic E-state index is -0.798. The highest BCUT2D eigenvalue weighted by Gasteiger charge is 2.24. The molecule has 0 saturated heterocycles. The molecule has 0 aromatic heterocycles. The van der Waals surface area contributed by atoms with Crippen LogP contribution >= 0.6 is 0 Å². The molecule has 6 nitrogen and oxygen atoms in total. The lowest BCUT2D eigenvalue weighted by Gasteiger charge is -2.14. The molecule has 0 spiro atoms. The number of nitrogens with one attached hydrogen (secondary N) is 1. The van der Waals surface area contributed by atoms with E-state index in [9.17, 15) is 14.4 Å². The summed E-state index contributed by atoms with van der Waals surface area (Å²) in [7, 11) is 0. The third-order valence-electron chi connectivity index (χ3n) is 2.95. The van der Waals surface area contributed by atoms with E-state index in [0.717, 1.165) is 12.3 Å². The van der Waals surface area contributed by atoms with E-state index in [4.69, 9.17) is 10.00 Å². The Kier molecular flexibility index (Phi) is 4.49. The molecule has 1 aliphatic carbocycles. The molecule has 22 heavy (non-hydrogen) atoms. The Balaban J connectivity index is 2.25. The molecule has 0 saturated carbocycles. The van der Waals surface area contributed by atoms with Crippen molar-refractivity contribution in [3.63, 3.8) is 0 Å². The van der Waals surface area contributed by atoms with Crippen LogP contribution < -0.4 is 5.32 Å². The van der Waals surface area contributed by atoms with Crippen molar-refractivity contribution in [3.05, 3.63) is 58.9 Å². The molecule has 1 aliphatic rings. The van der Waals surface area contributed by atoms with Gasteiger partial charge in [0.15, 0.2) is 11.4 Å². The number of rotatable bonds is 4. The average Bonchev–Trinajstić information content (AvgIpc) is 2.53. The van der Waals surface area contributed by atoms with Gasteiger partial charge in [0.05, 0.1) is 12.3 Å². The van der Waals surface area contributed by atoms with E-state index in [2.05, 4.69) is 5.32 Å². The second-order valence-corrected chi connectivity index (χ2v) is 4.33. The lowest BCUT2D eigenvalue weighted by atomic mass is 9.93. The van der Waals surface area contributed by atoms with Gasteiger partial charge in [0, 0.05) is 23.4 Å². The maximum Gasteiger partial charge on any atom is 0.350 e. The molecule has 1 aromatic carbocycles. The zero-order valence-electron chi connectivity index (χ0n) is 11.8. The van der Waals surface area contributed by atoms with E-state index in [0.29, 0.717) is 5.56 Å². The number of allylic oxidation sites excluding steroid dienone is 2. The van der Waals surface area contributed by atoms with Gasteiger partial charge in [0.1, 0.15) is 6.07 Å². The van der Waals surface area contributed by atoms with Crippen LogP contribution in [0.2, 0.25) is 0 Å². The molecule has 0 aliphatic heterocycles. The predicted octanol–water partition coefficient (Wildman–Crippen LogP) is 1.51. The number of nitrogens with zero attached hydrogens (tertiary/aromatic N) is 1. The van der Waals surface area contributed by atoms with Crippen molar-refractivity contribution in [2.45, 2.75) is 6.92 Å². The second-order valence-electron chi connectivity index (χ2n) is 4.33. The highest BCUT2D eigenvalue weighted by Crippen LogP contribution is 2.19. The minimum Gasteiger partial charge on any atom is -0.462 e. The van der Waals surface area contributed by atoms with E-state index >= 15 is 0 Å². The summed E-state index contributed by atoms with van der Waals surface area (Å²) < 4.78 is 4.70. The van der Waals surface area contributed by atoms with Crippen LogP contribution in [0.4, 0.5) is 0 Å². The van der Waals surface area contributed by atoms with Crippen LogP contribution in [0.3, 0.4) is 0 Å². The SMILES string of the molecule is CCOC(=O)/C(C#N)=C/NC1=CC(=O)c2ccccc2C1=O. The molecule has 0 radical (unpaired) electrons. The van der Waals surface area contributed by atoms with Crippen LogP contribution in [-0.4, -0.2) is 24.1 Å². The second kappa shape index (κ2) is 6.50. The molecule has 0 fully saturated rings. The van der Waals surface area contributed by atoms with Gasteiger partial charge >= 0.3 is 5.97 Å². The van der Waals surface area contributed by atoms with Crippen LogP contribution in [0.25, 0.3) is 0 Å². The first-order valence-electron chi connectivity index (χ1n) is 6.52. The summed E-state index contributed by atoms with van der Waals surface area (Å²) in [4.78, 5) is 35.7. The molecule has 0 atom stereocenters. The molecule has 0 unspecified atom stereocenters. The molecule has 6 heteroatoms. The number of benzene rings is 1. The minimum absolute atomic E-state index is 0.000693. The summed E-state index contributed by atoms with van der Waals surface area (Å²) >= 11 is 0. The fourth-order valence-electron chi connectivity index (χ4n) is 1.92. The summed E-state index contributed by atoms with van der Waals surface area (Å²) in [6.45, 7) is 1.74. The number of fused-ring (bicyclic) bond motifs is 1. The first kappa shape index (κ1) is 15.2. The van der Waals surface area contributed by atoms with Crippen LogP contribution in [0.1, 0.15) is 27.6 Å². The number of nitriles is 1. The van der Waals surface area contributed by atoms with Crippen molar-refractivity contribution in [1.29, 1.82) is 5.26 Å². The number of hydrogen-bond donors (Lipinski definition) is 1. The zero-order valence-corrected chi connectivity index (χ0v) is 11.8. The number of ether oxygens (including phenoxy) is 1. The fourth-order valence-corrected chi connectivity index (χ4v) is 1.92. The number of carbonyl (C=O) groups is 3. The van der Waals surface area contributed by atoms with Crippen LogP contribution in [0, 0.1) is 11.3 Å². The summed E-state index contributed by atoms with van der Waals surface area (Å²) in [5.74, 6) is -1.50. The van der Waals surface area contributed by atoms with Gasteiger partial charge in [0.25, 0.3) is 0 Å². The quantitative estimate of drug-likeness (QED) is 0.514. The van der Waals surface area contributed by atoms with Gasteiger partial charge < -0.3 is 10.1 Å². The Labute approximate surface area is 126 Å². The Bertz CT molecular complexity index is 754.